The fourth-order valence-corrected chi connectivity index (χ4v) is 5.34. The van der Waals surface area contributed by atoms with E-state index in [-0.39, 0.29) is 25.9 Å². The van der Waals surface area contributed by atoms with E-state index < -0.39 is 11.2 Å². The van der Waals surface area contributed by atoms with Gasteiger partial charge in [-0.3, -0.25) is 9.69 Å². The third kappa shape index (κ3) is 7.41. The monoisotopic (exact) mass is 650 g/mol. The minimum atomic E-state index is -0.928. The zero-order valence-corrected chi connectivity index (χ0v) is 26.1. The maximum absolute atomic E-state index is 12.9. The molecule has 0 unspecified atom stereocenters. The molecule has 0 atom stereocenters. The van der Waals surface area contributed by atoms with Crippen molar-refractivity contribution in [2.24, 2.45) is 0 Å². The Balaban J connectivity index is 1.07. The first-order valence-electron chi connectivity index (χ1n) is 15.0. The quantitative estimate of drug-likeness (QED) is 0.107. The lowest BCUT2D eigenvalue weighted by atomic mass is 9.98. The largest absolute Gasteiger partial charge is 0.510 e. The number of carbonyl (C=O) groups excluding carboxylic acids is 2. The van der Waals surface area contributed by atoms with Crippen molar-refractivity contribution in [2.45, 2.75) is 53.2 Å². The molecule has 0 saturated carbocycles. The summed E-state index contributed by atoms with van der Waals surface area (Å²) < 4.78 is 10.3. The van der Waals surface area contributed by atoms with Gasteiger partial charge in [0.1, 0.15) is 24.9 Å². The van der Waals surface area contributed by atoms with Crippen LogP contribution in [-0.2, 0) is 52.0 Å². The fourth-order valence-electron chi connectivity index (χ4n) is 5.34. The summed E-state index contributed by atoms with van der Waals surface area (Å²) in [5.41, 5.74) is 6.66. The van der Waals surface area contributed by atoms with Crippen LogP contribution in [0.25, 0.3) is 22.5 Å². The van der Waals surface area contributed by atoms with Crippen molar-refractivity contribution in [1.82, 2.24) is 30.2 Å². The van der Waals surface area contributed by atoms with E-state index in [1.165, 1.54) is 0 Å². The van der Waals surface area contributed by atoms with Gasteiger partial charge in [0.2, 0.25) is 18.5 Å². The lowest BCUT2D eigenvalue weighted by Gasteiger charge is -2.29. The van der Waals surface area contributed by atoms with Crippen molar-refractivity contribution < 1.29 is 29.0 Å². The molecular formula is C33H30N8O7. The number of aryl methyl sites for hydroxylation is 2. The molecule has 0 radical (unpaired) electrons. The second kappa shape index (κ2) is 14.0. The number of hydrogen-bond acceptors (Lipinski definition) is 12. The van der Waals surface area contributed by atoms with Crippen LogP contribution in [0, 0.1) is 24.0 Å². The number of amides is 1. The molecule has 1 aliphatic heterocycles. The van der Waals surface area contributed by atoms with E-state index >= 15 is 0 Å². The van der Waals surface area contributed by atoms with Crippen LogP contribution in [0.3, 0.4) is 0 Å². The summed E-state index contributed by atoms with van der Waals surface area (Å²) in [6, 6.07) is 22.1. The summed E-state index contributed by atoms with van der Waals surface area (Å²) in [5, 5.41) is 22.0. The standard InChI is InChI=1S/C33H30N8O7/c1-21-27-15-16-30(42)39(32(27)35-22(2)34-21)17-23-11-13-26(14-12-23)28-5-3-4-6-29(28)31-36-38-40(37-31)20-47-33(43)46-18-24-7-9-25(10-8-24)19-48-41(44)45/h3-14H,15-20H2,1-2H3. The average Bonchev–Trinajstić information content (AvgIpc) is 3.56. The van der Waals surface area contributed by atoms with E-state index in [1.807, 2.05) is 62.4 Å². The van der Waals surface area contributed by atoms with Gasteiger partial charge in [-0.15, -0.1) is 25.1 Å². The van der Waals surface area contributed by atoms with Crippen molar-refractivity contribution in [2.75, 3.05) is 4.90 Å². The van der Waals surface area contributed by atoms with Crippen molar-refractivity contribution in [1.29, 1.82) is 0 Å². The number of aromatic nitrogens is 6. The summed E-state index contributed by atoms with van der Waals surface area (Å²) in [4.78, 5) is 51.6. The lowest BCUT2D eigenvalue weighted by Crippen LogP contribution is -2.36. The molecule has 15 nitrogen and oxygen atoms in total. The van der Waals surface area contributed by atoms with E-state index in [0.717, 1.165) is 38.3 Å². The topological polar surface area (TPSA) is 178 Å². The Labute approximate surface area is 274 Å². The second-order valence-corrected chi connectivity index (χ2v) is 11.0. The molecule has 0 spiro atoms. The number of ether oxygens (including phenoxy) is 2. The molecule has 15 heteroatoms. The minimum Gasteiger partial charge on any atom is -0.429 e. The molecule has 0 bridgehead atoms. The molecule has 3 heterocycles. The lowest BCUT2D eigenvalue weighted by molar-refractivity contribution is -0.763. The van der Waals surface area contributed by atoms with Gasteiger partial charge in [-0.2, -0.15) is 0 Å². The molecule has 1 aliphatic rings. The van der Waals surface area contributed by atoms with Gasteiger partial charge < -0.3 is 14.3 Å². The van der Waals surface area contributed by atoms with Gasteiger partial charge in [-0.25, -0.2) is 14.8 Å². The summed E-state index contributed by atoms with van der Waals surface area (Å²) in [7, 11) is 0. The highest BCUT2D eigenvalue weighted by molar-refractivity contribution is 5.95. The molecule has 2 aromatic heterocycles. The molecule has 0 aliphatic carbocycles. The number of rotatable bonds is 11. The highest BCUT2D eigenvalue weighted by Gasteiger charge is 2.27. The normalized spacial score (nSPS) is 12.4. The Hall–Kier alpha value is -6.25. The Kier molecular flexibility index (Phi) is 9.27. The molecule has 244 valence electrons. The van der Waals surface area contributed by atoms with Gasteiger partial charge >= 0.3 is 6.16 Å². The van der Waals surface area contributed by atoms with Gasteiger partial charge in [0.05, 0.1) is 6.54 Å². The Morgan fingerprint density at radius 2 is 1.56 bits per heavy atom. The second-order valence-electron chi connectivity index (χ2n) is 11.0. The van der Waals surface area contributed by atoms with E-state index in [9.17, 15) is 19.7 Å². The van der Waals surface area contributed by atoms with Crippen LogP contribution in [0.1, 0.15) is 40.2 Å². The Bertz CT molecular complexity index is 1960. The molecule has 1 amide bonds. The number of nitrogens with zero attached hydrogens (tertiary/aromatic N) is 8. The molecule has 48 heavy (non-hydrogen) atoms. The van der Waals surface area contributed by atoms with Crippen LogP contribution in [0.2, 0.25) is 0 Å². The van der Waals surface area contributed by atoms with Crippen molar-refractivity contribution in [3.8, 4) is 22.5 Å². The Morgan fingerprint density at radius 1 is 0.875 bits per heavy atom. The SMILES string of the molecule is Cc1nc(C)c2c(n1)N(Cc1ccc(-c3ccccc3-c3nnn(COC(=O)OCc4ccc(CO[N+](=O)[O-])cc4)n3)cc1)C(=O)CC2. The maximum Gasteiger partial charge on any atom is 0.510 e. The van der Waals surface area contributed by atoms with E-state index in [0.29, 0.717) is 48.0 Å². The first-order valence-corrected chi connectivity index (χ1v) is 15.0. The smallest absolute Gasteiger partial charge is 0.429 e. The molecular weight excluding hydrogens is 620 g/mol. The number of hydrogen-bond donors (Lipinski definition) is 0. The molecule has 3 aromatic carbocycles. The highest BCUT2D eigenvalue weighted by Crippen LogP contribution is 2.32. The molecule has 0 fully saturated rings. The number of fused-ring (bicyclic) bond motifs is 1. The predicted molar refractivity (Wildman–Crippen MR) is 169 cm³/mol. The van der Waals surface area contributed by atoms with Crippen molar-refractivity contribution in [3.63, 3.8) is 0 Å². The van der Waals surface area contributed by atoms with Crippen LogP contribution in [0.4, 0.5) is 10.6 Å². The van der Waals surface area contributed by atoms with Crippen LogP contribution in [-0.4, -0.2) is 47.3 Å². The molecule has 0 N–H and O–H groups in total. The molecule has 5 aromatic rings. The first kappa shape index (κ1) is 31.7. The highest BCUT2D eigenvalue weighted by atomic mass is 16.9. The van der Waals surface area contributed by atoms with Crippen LogP contribution in [0.15, 0.2) is 72.8 Å². The van der Waals surface area contributed by atoms with Crippen LogP contribution in [0.5, 0.6) is 0 Å². The van der Waals surface area contributed by atoms with Gasteiger partial charge in [-0.1, -0.05) is 72.8 Å². The number of carbonyl (C=O) groups is 2. The van der Waals surface area contributed by atoms with E-state index in [2.05, 4.69) is 30.2 Å². The van der Waals surface area contributed by atoms with E-state index in [4.69, 9.17) is 9.47 Å². The van der Waals surface area contributed by atoms with Crippen LogP contribution < -0.4 is 4.90 Å². The zero-order valence-electron chi connectivity index (χ0n) is 26.1. The van der Waals surface area contributed by atoms with Gasteiger partial charge in [-0.05, 0) is 53.3 Å². The van der Waals surface area contributed by atoms with Crippen molar-refractivity contribution >= 4 is 17.9 Å². The molecule has 0 saturated heterocycles. The zero-order chi connectivity index (χ0) is 33.6. The first-order chi connectivity index (χ1) is 23.2. The Morgan fingerprint density at radius 3 is 2.29 bits per heavy atom. The summed E-state index contributed by atoms with van der Waals surface area (Å²) in [6.45, 7) is 3.63. The summed E-state index contributed by atoms with van der Waals surface area (Å²) in [5.74, 6) is 1.70. The number of benzene rings is 3. The average molecular weight is 651 g/mol. The third-order valence-corrected chi connectivity index (χ3v) is 7.69. The van der Waals surface area contributed by atoms with Gasteiger partial charge in [0.25, 0.3) is 5.09 Å². The molecule has 6 rings (SSSR count). The number of anilines is 1. The van der Waals surface area contributed by atoms with Gasteiger partial charge in [0.15, 0.2) is 0 Å². The van der Waals surface area contributed by atoms with Crippen LogP contribution >= 0.6 is 0 Å². The fraction of sp³-hybridized carbons (Fsp3) is 0.242. The summed E-state index contributed by atoms with van der Waals surface area (Å²) in [6.07, 6.45) is 0.140. The minimum absolute atomic E-state index is 0.0374. The maximum atomic E-state index is 12.9. The third-order valence-electron chi connectivity index (χ3n) is 7.69. The van der Waals surface area contributed by atoms with E-state index in [1.54, 1.807) is 29.2 Å². The summed E-state index contributed by atoms with van der Waals surface area (Å²) >= 11 is 0. The number of tetrazole rings is 1. The predicted octanol–water partition coefficient (Wildman–Crippen LogP) is 4.91. The van der Waals surface area contributed by atoms with Crippen molar-refractivity contribution in [3.05, 3.63) is 117 Å². The van der Waals surface area contributed by atoms with Gasteiger partial charge in [0, 0.05) is 23.2 Å².